The zero-order valence-corrected chi connectivity index (χ0v) is 18.3. The molecule has 0 aliphatic heterocycles. The monoisotopic (exact) mass is 423 g/mol. The molecule has 3 nitrogen and oxygen atoms in total. The smallest absolute Gasteiger partial charge is 0.148 e. The zero-order valence-electron chi connectivity index (χ0n) is 18.3. The molecule has 0 saturated heterocycles. The zero-order chi connectivity index (χ0) is 22.6. The Hall–Kier alpha value is -3.79. The van der Waals surface area contributed by atoms with Gasteiger partial charge in [0.1, 0.15) is 11.6 Å². The Morgan fingerprint density at radius 3 is 2.09 bits per heavy atom. The largest absolute Gasteiger partial charge is 0.368 e. The van der Waals surface area contributed by atoms with E-state index in [4.69, 9.17) is 0 Å². The first-order valence-corrected chi connectivity index (χ1v) is 10.6. The Labute approximate surface area is 188 Å². The van der Waals surface area contributed by atoms with Gasteiger partial charge in [0.05, 0.1) is 5.69 Å². The molecule has 0 aliphatic carbocycles. The van der Waals surface area contributed by atoms with Crippen molar-refractivity contribution in [1.29, 1.82) is 0 Å². The molecule has 0 bridgehead atoms. The maximum atomic E-state index is 13.2. The molecule has 0 fully saturated rings. The molecule has 160 valence electrons. The van der Waals surface area contributed by atoms with Crippen LogP contribution < -0.4 is 5.32 Å². The van der Waals surface area contributed by atoms with Crippen LogP contribution in [0.25, 0.3) is 16.8 Å². The molecular weight excluding hydrogens is 397 g/mol. The first-order valence-electron chi connectivity index (χ1n) is 10.6. The molecule has 0 spiro atoms. The summed E-state index contributed by atoms with van der Waals surface area (Å²) in [5, 5.41) is 12.1. The Morgan fingerprint density at radius 2 is 1.47 bits per heavy atom. The Morgan fingerprint density at radius 1 is 0.812 bits per heavy atom. The lowest BCUT2D eigenvalue weighted by Gasteiger charge is -2.25. The Kier molecular flexibility index (Phi) is 6.13. The summed E-state index contributed by atoms with van der Waals surface area (Å²) in [6, 6.07) is 28.9. The number of nitrogens with zero attached hydrogens (tertiary/aromatic N) is 2. The number of halogens is 1. The molecule has 0 unspecified atom stereocenters. The second-order valence-corrected chi connectivity index (χ2v) is 8.47. The standard InChI is InChI=1S/C28H26FN3/c1-20(21-7-5-4-6-8-21)22-9-11-23(12-10-22)26-17-18-27(32-31-26)30-19-28(2,3)24-13-15-25(29)16-14-24/h4-18H,1,19H2,2-3H3,(H,30,32). The minimum Gasteiger partial charge on any atom is -0.368 e. The van der Waals surface area contributed by atoms with Gasteiger partial charge in [-0.15, -0.1) is 10.2 Å². The molecule has 4 aromatic rings. The third kappa shape index (κ3) is 4.92. The minimum absolute atomic E-state index is 0.176. The van der Waals surface area contributed by atoms with Gasteiger partial charge in [-0.1, -0.05) is 87.2 Å². The average molecular weight is 424 g/mol. The van der Waals surface area contributed by atoms with Crippen molar-refractivity contribution in [3.8, 4) is 11.3 Å². The lowest BCUT2D eigenvalue weighted by atomic mass is 9.84. The van der Waals surface area contributed by atoms with Crippen LogP contribution in [0.5, 0.6) is 0 Å². The molecule has 0 radical (unpaired) electrons. The maximum Gasteiger partial charge on any atom is 0.148 e. The van der Waals surface area contributed by atoms with Gasteiger partial charge in [0, 0.05) is 17.5 Å². The van der Waals surface area contributed by atoms with Crippen LogP contribution >= 0.6 is 0 Å². The van der Waals surface area contributed by atoms with E-state index in [1.165, 1.54) is 12.1 Å². The van der Waals surface area contributed by atoms with E-state index >= 15 is 0 Å². The second-order valence-electron chi connectivity index (χ2n) is 8.47. The molecule has 0 atom stereocenters. The highest BCUT2D eigenvalue weighted by Crippen LogP contribution is 2.26. The predicted octanol–water partition coefficient (Wildman–Crippen LogP) is 6.73. The third-order valence-corrected chi connectivity index (χ3v) is 5.65. The predicted molar refractivity (Wildman–Crippen MR) is 130 cm³/mol. The molecule has 0 saturated carbocycles. The topological polar surface area (TPSA) is 37.8 Å². The van der Waals surface area contributed by atoms with Crippen LogP contribution in [0.2, 0.25) is 0 Å². The molecular formula is C28H26FN3. The number of benzene rings is 3. The van der Waals surface area contributed by atoms with Crippen molar-refractivity contribution in [3.05, 3.63) is 120 Å². The number of rotatable bonds is 7. The van der Waals surface area contributed by atoms with E-state index in [9.17, 15) is 4.39 Å². The third-order valence-electron chi connectivity index (χ3n) is 5.65. The summed E-state index contributed by atoms with van der Waals surface area (Å²) >= 11 is 0. The van der Waals surface area contributed by atoms with E-state index in [0.29, 0.717) is 12.4 Å². The highest BCUT2D eigenvalue weighted by Gasteiger charge is 2.20. The fourth-order valence-corrected chi connectivity index (χ4v) is 3.54. The van der Waals surface area contributed by atoms with Crippen molar-refractivity contribution in [2.45, 2.75) is 19.3 Å². The summed E-state index contributed by atoms with van der Waals surface area (Å²) in [5.41, 5.74) is 5.88. The molecule has 32 heavy (non-hydrogen) atoms. The van der Waals surface area contributed by atoms with E-state index in [1.54, 1.807) is 0 Å². The SMILES string of the molecule is C=C(c1ccccc1)c1ccc(-c2ccc(NCC(C)(C)c3ccc(F)cc3)nn2)cc1. The van der Waals surface area contributed by atoms with Crippen LogP contribution in [0.4, 0.5) is 10.2 Å². The van der Waals surface area contributed by atoms with Gasteiger partial charge < -0.3 is 5.32 Å². The normalized spacial score (nSPS) is 11.2. The summed E-state index contributed by atoms with van der Waals surface area (Å²) in [6.07, 6.45) is 0. The summed E-state index contributed by atoms with van der Waals surface area (Å²) in [7, 11) is 0. The fourth-order valence-electron chi connectivity index (χ4n) is 3.54. The van der Waals surface area contributed by atoms with Crippen LogP contribution in [0.1, 0.15) is 30.5 Å². The van der Waals surface area contributed by atoms with E-state index in [-0.39, 0.29) is 11.2 Å². The minimum atomic E-state index is -0.226. The number of nitrogens with one attached hydrogen (secondary N) is 1. The van der Waals surface area contributed by atoms with Crippen molar-refractivity contribution in [1.82, 2.24) is 10.2 Å². The van der Waals surface area contributed by atoms with E-state index in [0.717, 1.165) is 33.5 Å². The number of aromatic nitrogens is 2. The summed E-state index contributed by atoms with van der Waals surface area (Å²) in [6.45, 7) is 9.10. The lowest BCUT2D eigenvalue weighted by Crippen LogP contribution is -2.28. The van der Waals surface area contributed by atoms with Gasteiger partial charge >= 0.3 is 0 Å². The quantitative estimate of drug-likeness (QED) is 0.358. The summed E-state index contributed by atoms with van der Waals surface area (Å²) in [5.74, 6) is 0.481. The molecule has 0 aliphatic rings. The van der Waals surface area contributed by atoms with Gasteiger partial charge in [-0.2, -0.15) is 0 Å². The van der Waals surface area contributed by atoms with Crippen LogP contribution in [0, 0.1) is 5.82 Å². The first kappa shape index (κ1) is 21.4. The highest BCUT2D eigenvalue weighted by molar-refractivity contribution is 5.79. The van der Waals surface area contributed by atoms with Crippen molar-refractivity contribution in [2.75, 3.05) is 11.9 Å². The summed E-state index contributed by atoms with van der Waals surface area (Å²) in [4.78, 5) is 0. The lowest BCUT2D eigenvalue weighted by molar-refractivity contribution is 0.552. The molecule has 1 N–H and O–H groups in total. The maximum absolute atomic E-state index is 13.2. The molecule has 1 heterocycles. The van der Waals surface area contributed by atoms with Gasteiger partial charge in [0.25, 0.3) is 0 Å². The van der Waals surface area contributed by atoms with Crippen molar-refractivity contribution in [2.24, 2.45) is 0 Å². The van der Waals surface area contributed by atoms with Gasteiger partial charge in [-0.3, -0.25) is 0 Å². The van der Waals surface area contributed by atoms with Crippen LogP contribution in [0.15, 0.2) is 97.6 Å². The molecule has 0 amide bonds. The number of hydrogen-bond acceptors (Lipinski definition) is 3. The molecule has 1 aromatic heterocycles. The van der Waals surface area contributed by atoms with Gasteiger partial charge in [-0.25, -0.2) is 4.39 Å². The first-order chi connectivity index (χ1) is 15.4. The summed E-state index contributed by atoms with van der Waals surface area (Å²) < 4.78 is 13.2. The van der Waals surface area contributed by atoms with Gasteiger partial charge in [0.15, 0.2) is 0 Å². The Balaban J connectivity index is 1.41. The van der Waals surface area contributed by atoms with E-state index < -0.39 is 0 Å². The number of hydrogen-bond donors (Lipinski definition) is 1. The van der Waals surface area contributed by atoms with Gasteiger partial charge in [0.2, 0.25) is 0 Å². The second kappa shape index (κ2) is 9.15. The van der Waals surface area contributed by atoms with Crippen molar-refractivity contribution < 1.29 is 4.39 Å². The Bertz CT molecular complexity index is 1180. The van der Waals surface area contributed by atoms with Crippen molar-refractivity contribution >= 4 is 11.4 Å². The van der Waals surface area contributed by atoms with Crippen LogP contribution in [0.3, 0.4) is 0 Å². The molecule has 3 aromatic carbocycles. The number of anilines is 1. The van der Waals surface area contributed by atoms with Crippen LogP contribution in [-0.4, -0.2) is 16.7 Å². The van der Waals surface area contributed by atoms with E-state index in [1.807, 2.05) is 54.6 Å². The highest BCUT2D eigenvalue weighted by atomic mass is 19.1. The van der Waals surface area contributed by atoms with Crippen LogP contribution in [-0.2, 0) is 5.41 Å². The van der Waals surface area contributed by atoms with E-state index in [2.05, 4.69) is 60.2 Å². The average Bonchev–Trinajstić information content (AvgIpc) is 2.84. The van der Waals surface area contributed by atoms with Gasteiger partial charge in [-0.05, 0) is 46.5 Å². The molecule has 4 rings (SSSR count). The van der Waals surface area contributed by atoms with Crippen molar-refractivity contribution in [3.63, 3.8) is 0 Å². The fraction of sp³-hybridized carbons (Fsp3) is 0.143. The molecule has 4 heteroatoms.